The molecular weight excluding hydrogens is 217 g/mol. The fourth-order valence-corrected chi connectivity index (χ4v) is 3.35. The Hall–Kier alpha value is -1.12. The lowest BCUT2D eigenvalue weighted by Gasteiger charge is -2.28. The second kappa shape index (κ2) is 4.63. The molecule has 1 aromatic heterocycles. The Morgan fingerprint density at radius 1 is 1.24 bits per heavy atom. The first-order valence-electron chi connectivity index (χ1n) is 6.55. The Morgan fingerprint density at radius 2 is 2.12 bits per heavy atom. The van der Waals surface area contributed by atoms with Crippen LogP contribution in [0.2, 0.25) is 0 Å². The summed E-state index contributed by atoms with van der Waals surface area (Å²) < 4.78 is 18.4. The van der Waals surface area contributed by atoms with E-state index in [1.807, 2.05) is 0 Å². The highest BCUT2D eigenvalue weighted by molar-refractivity contribution is 5.10. The zero-order valence-corrected chi connectivity index (χ0v) is 9.94. The van der Waals surface area contributed by atoms with E-state index in [0.29, 0.717) is 11.8 Å². The maximum Gasteiger partial charge on any atom is 0.213 e. The third-order valence-corrected chi connectivity index (χ3v) is 4.34. The van der Waals surface area contributed by atoms with Gasteiger partial charge in [-0.25, -0.2) is 9.37 Å². The van der Waals surface area contributed by atoms with Crippen molar-refractivity contribution in [1.29, 1.82) is 0 Å². The van der Waals surface area contributed by atoms with Crippen LogP contribution in [0.3, 0.4) is 0 Å². The summed E-state index contributed by atoms with van der Waals surface area (Å²) >= 11 is 0. The SMILES string of the molecule is Fc1ccc(OC[C@H]2CC[C@@H]3CCC2C3)nc1. The van der Waals surface area contributed by atoms with Crippen molar-refractivity contribution in [2.24, 2.45) is 17.8 Å². The van der Waals surface area contributed by atoms with E-state index in [1.54, 1.807) is 6.07 Å². The van der Waals surface area contributed by atoms with Crippen LogP contribution in [-0.4, -0.2) is 11.6 Å². The van der Waals surface area contributed by atoms with Crippen LogP contribution in [0.4, 0.5) is 4.39 Å². The zero-order valence-electron chi connectivity index (χ0n) is 9.94. The molecule has 2 aliphatic rings. The minimum absolute atomic E-state index is 0.311. The van der Waals surface area contributed by atoms with Crippen LogP contribution in [0.5, 0.6) is 5.88 Å². The van der Waals surface area contributed by atoms with Crippen LogP contribution >= 0.6 is 0 Å². The monoisotopic (exact) mass is 235 g/mol. The Balaban J connectivity index is 1.55. The number of hydrogen-bond acceptors (Lipinski definition) is 2. The van der Waals surface area contributed by atoms with E-state index in [0.717, 1.165) is 18.4 Å². The molecule has 2 nitrogen and oxygen atoms in total. The molecule has 0 spiro atoms. The Morgan fingerprint density at radius 3 is 2.94 bits per heavy atom. The lowest BCUT2D eigenvalue weighted by atomic mass is 9.80. The predicted molar refractivity (Wildman–Crippen MR) is 63.2 cm³/mol. The van der Waals surface area contributed by atoms with Gasteiger partial charge in [0.1, 0.15) is 5.82 Å². The summed E-state index contributed by atoms with van der Waals surface area (Å²) in [5.41, 5.74) is 0. The number of nitrogens with zero attached hydrogens (tertiary/aromatic N) is 1. The van der Waals surface area contributed by atoms with Crippen molar-refractivity contribution in [3.63, 3.8) is 0 Å². The van der Waals surface area contributed by atoms with Crippen molar-refractivity contribution in [3.8, 4) is 5.88 Å². The second-order valence-corrected chi connectivity index (χ2v) is 5.40. The molecule has 2 aliphatic carbocycles. The summed E-state index contributed by atoms with van der Waals surface area (Å²) in [5.74, 6) is 2.76. The number of aromatic nitrogens is 1. The maximum absolute atomic E-state index is 12.7. The molecule has 3 atom stereocenters. The summed E-state index contributed by atoms with van der Waals surface area (Å²) in [6.07, 6.45) is 8.04. The smallest absolute Gasteiger partial charge is 0.213 e. The van der Waals surface area contributed by atoms with Crippen molar-refractivity contribution < 1.29 is 9.13 Å². The first kappa shape index (κ1) is 11.0. The average molecular weight is 235 g/mol. The van der Waals surface area contributed by atoms with Gasteiger partial charge in [0.2, 0.25) is 5.88 Å². The molecule has 2 bridgehead atoms. The maximum atomic E-state index is 12.7. The number of rotatable bonds is 3. The number of hydrogen-bond donors (Lipinski definition) is 0. The summed E-state index contributed by atoms with van der Waals surface area (Å²) in [4.78, 5) is 3.93. The molecule has 92 valence electrons. The molecule has 2 fully saturated rings. The molecule has 17 heavy (non-hydrogen) atoms. The zero-order chi connectivity index (χ0) is 11.7. The van der Waals surface area contributed by atoms with Gasteiger partial charge < -0.3 is 4.74 Å². The molecule has 0 radical (unpaired) electrons. The van der Waals surface area contributed by atoms with Gasteiger partial charge in [0, 0.05) is 6.07 Å². The van der Waals surface area contributed by atoms with Crippen molar-refractivity contribution in [2.45, 2.75) is 32.1 Å². The van der Waals surface area contributed by atoms with Crippen LogP contribution in [0.1, 0.15) is 32.1 Å². The molecule has 3 heteroatoms. The van der Waals surface area contributed by atoms with Gasteiger partial charge in [-0.1, -0.05) is 12.8 Å². The Kier molecular flexibility index (Phi) is 3.00. The fraction of sp³-hybridized carbons (Fsp3) is 0.643. The van der Waals surface area contributed by atoms with Gasteiger partial charge in [-0.3, -0.25) is 0 Å². The summed E-state index contributed by atoms with van der Waals surface area (Å²) in [6.45, 7) is 0.746. The summed E-state index contributed by atoms with van der Waals surface area (Å²) in [7, 11) is 0. The van der Waals surface area contributed by atoms with Crippen molar-refractivity contribution >= 4 is 0 Å². The minimum Gasteiger partial charge on any atom is -0.477 e. The van der Waals surface area contributed by atoms with E-state index < -0.39 is 0 Å². The number of pyridine rings is 1. The number of ether oxygens (including phenoxy) is 1. The van der Waals surface area contributed by atoms with Crippen LogP contribution in [0.25, 0.3) is 0 Å². The number of halogens is 1. The predicted octanol–water partition coefficient (Wildman–Crippen LogP) is 3.43. The van der Waals surface area contributed by atoms with Gasteiger partial charge in [0.15, 0.2) is 0 Å². The fourth-order valence-electron chi connectivity index (χ4n) is 3.35. The number of fused-ring (bicyclic) bond motifs is 2. The Bertz CT molecular complexity index is 378. The second-order valence-electron chi connectivity index (χ2n) is 5.40. The molecule has 1 heterocycles. The van der Waals surface area contributed by atoms with Crippen LogP contribution in [-0.2, 0) is 0 Å². The standard InChI is InChI=1S/C14H18FNO/c15-13-5-6-14(16-8-13)17-9-12-4-2-10-1-3-11(12)7-10/h5-6,8,10-12H,1-4,7,9H2/t10-,11?,12+/m0/s1. The molecule has 1 aromatic rings. The molecule has 3 rings (SSSR count). The molecule has 0 aliphatic heterocycles. The molecule has 0 amide bonds. The highest BCUT2D eigenvalue weighted by Crippen LogP contribution is 2.45. The minimum atomic E-state index is -0.311. The molecule has 0 N–H and O–H groups in total. The average Bonchev–Trinajstić information content (AvgIpc) is 2.73. The van der Waals surface area contributed by atoms with Crippen LogP contribution < -0.4 is 4.74 Å². The van der Waals surface area contributed by atoms with E-state index in [4.69, 9.17) is 4.74 Å². The highest BCUT2D eigenvalue weighted by Gasteiger charge is 2.35. The molecule has 1 unspecified atom stereocenters. The van der Waals surface area contributed by atoms with E-state index in [2.05, 4.69) is 4.98 Å². The Labute approximate surface area is 101 Å². The van der Waals surface area contributed by atoms with Gasteiger partial charge in [-0.2, -0.15) is 0 Å². The summed E-state index contributed by atoms with van der Waals surface area (Å²) in [5, 5.41) is 0. The molecule has 2 saturated carbocycles. The van der Waals surface area contributed by atoms with Gasteiger partial charge in [-0.05, 0) is 43.1 Å². The third kappa shape index (κ3) is 2.43. The van der Waals surface area contributed by atoms with Gasteiger partial charge >= 0.3 is 0 Å². The van der Waals surface area contributed by atoms with Crippen molar-refractivity contribution in [2.75, 3.05) is 6.61 Å². The lowest BCUT2D eigenvalue weighted by molar-refractivity contribution is 0.152. The van der Waals surface area contributed by atoms with E-state index in [9.17, 15) is 4.39 Å². The molecular formula is C14H18FNO. The highest BCUT2D eigenvalue weighted by atomic mass is 19.1. The van der Waals surface area contributed by atoms with Crippen molar-refractivity contribution in [3.05, 3.63) is 24.1 Å². The van der Waals surface area contributed by atoms with Crippen LogP contribution in [0, 0.1) is 23.6 Å². The third-order valence-electron chi connectivity index (χ3n) is 4.34. The van der Waals surface area contributed by atoms with E-state index in [1.165, 1.54) is 44.4 Å². The first-order valence-corrected chi connectivity index (χ1v) is 6.55. The van der Waals surface area contributed by atoms with Gasteiger partial charge in [-0.15, -0.1) is 0 Å². The molecule has 0 saturated heterocycles. The largest absolute Gasteiger partial charge is 0.477 e. The lowest BCUT2D eigenvalue weighted by Crippen LogP contribution is -2.24. The quantitative estimate of drug-likeness (QED) is 0.800. The first-order chi connectivity index (χ1) is 8.31. The summed E-state index contributed by atoms with van der Waals surface area (Å²) in [6, 6.07) is 3.00. The molecule has 0 aromatic carbocycles. The normalized spacial score (nSPS) is 31.5. The van der Waals surface area contributed by atoms with Crippen molar-refractivity contribution in [1.82, 2.24) is 4.98 Å². The van der Waals surface area contributed by atoms with Gasteiger partial charge in [0.05, 0.1) is 12.8 Å². The van der Waals surface area contributed by atoms with E-state index >= 15 is 0 Å². The van der Waals surface area contributed by atoms with E-state index in [-0.39, 0.29) is 5.82 Å². The van der Waals surface area contributed by atoms with Gasteiger partial charge in [0.25, 0.3) is 0 Å². The van der Waals surface area contributed by atoms with Crippen LogP contribution in [0.15, 0.2) is 18.3 Å². The topological polar surface area (TPSA) is 22.1 Å².